The molecule has 0 aliphatic heterocycles. The number of nitrogens with one attached hydrogen (secondary N) is 1. The lowest BCUT2D eigenvalue weighted by Crippen LogP contribution is -2.10. The van der Waals surface area contributed by atoms with E-state index in [0.29, 0.717) is 31.1 Å². The third-order valence-electron chi connectivity index (χ3n) is 3.99. The van der Waals surface area contributed by atoms with Gasteiger partial charge in [0.15, 0.2) is 0 Å². The minimum absolute atomic E-state index is 0.0546. The van der Waals surface area contributed by atoms with Crippen molar-refractivity contribution in [1.29, 1.82) is 0 Å². The molecule has 0 spiro atoms. The summed E-state index contributed by atoms with van der Waals surface area (Å²) in [4.78, 5) is 20.3. The molecule has 0 saturated carbocycles. The minimum atomic E-state index is -4.45. The van der Waals surface area contributed by atoms with Crippen LogP contribution in [0.25, 0.3) is 10.2 Å². The van der Waals surface area contributed by atoms with Gasteiger partial charge >= 0.3 is 12.1 Å². The van der Waals surface area contributed by atoms with Crippen LogP contribution in [0.5, 0.6) is 0 Å². The van der Waals surface area contributed by atoms with Crippen LogP contribution in [0.1, 0.15) is 39.1 Å². The number of aromatic nitrogens is 2. The molecule has 9 heteroatoms. The summed E-state index contributed by atoms with van der Waals surface area (Å²) in [6.07, 6.45) is -4.50. The van der Waals surface area contributed by atoms with Crippen LogP contribution in [0.3, 0.4) is 0 Å². The number of hydrogen-bond acceptors (Lipinski definition) is 5. The zero-order chi connectivity index (χ0) is 19.8. The van der Waals surface area contributed by atoms with Gasteiger partial charge in [0.05, 0.1) is 12.2 Å². The standard InChI is InChI=1S/C18H15F3N2O2S2/c1-3-25-17(24)14-9(2)13-15(26)22-12(23-16(13)27-14)8-10-6-4-5-7-11(10)18(19,20)21/h4-7H,3,8H2,1-2H3,(H,22,23,26). The van der Waals surface area contributed by atoms with Gasteiger partial charge < -0.3 is 9.72 Å². The second-order valence-corrected chi connectivity index (χ2v) is 7.21. The van der Waals surface area contributed by atoms with Crippen molar-refractivity contribution in [1.82, 2.24) is 9.97 Å². The molecule has 27 heavy (non-hydrogen) atoms. The average molecular weight is 412 g/mol. The first-order valence-electron chi connectivity index (χ1n) is 8.07. The molecule has 2 heterocycles. The number of esters is 1. The topological polar surface area (TPSA) is 55.0 Å². The van der Waals surface area contributed by atoms with Gasteiger partial charge in [0.25, 0.3) is 0 Å². The number of carbonyl (C=O) groups excluding carboxylic acids is 1. The number of alkyl halides is 3. The van der Waals surface area contributed by atoms with Crippen LogP contribution in [0.2, 0.25) is 0 Å². The van der Waals surface area contributed by atoms with E-state index in [1.165, 1.54) is 12.1 Å². The van der Waals surface area contributed by atoms with E-state index < -0.39 is 17.7 Å². The molecule has 0 saturated heterocycles. The second kappa shape index (κ2) is 7.40. The third kappa shape index (κ3) is 3.89. The quantitative estimate of drug-likeness (QED) is 0.457. The van der Waals surface area contributed by atoms with Crippen molar-refractivity contribution in [2.45, 2.75) is 26.4 Å². The normalized spacial score (nSPS) is 11.7. The van der Waals surface area contributed by atoms with Crippen molar-refractivity contribution in [2.75, 3.05) is 6.61 Å². The molecule has 0 atom stereocenters. The summed E-state index contributed by atoms with van der Waals surface area (Å²) in [5.41, 5.74) is 0.0478. The Labute approximate surface area is 162 Å². The highest BCUT2D eigenvalue weighted by Crippen LogP contribution is 2.34. The summed E-state index contributed by atoms with van der Waals surface area (Å²) in [6.45, 7) is 3.70. The monoisotopic (exact) mass is 412 g/mol. The fraction of sp³-hybridized carbons (Fsp3) is 0.278. The van der Waals surface area contributed by atoms with E-state index in [-0.39, 0.29) is 18.6 Å². The first kappa shape index (κ1) is 19.5. The Bertz CT molecular complexity index is 1070. The zero-order valence-electron chi connectivity index (χ0n) is 14.4. The molecule has 142 valence electrons. The number of fused-ring (bicyclic) bond motifs is 1. The molecule has 0 aliphatic carbocycles. The average Bonchev–Trinajstić information content (AvgIpc) is 2.92. The maximum atomic E-state index is 13.2. The lowest BCUT2D eigenvalue weighted by molar-refractivity contribution is -0.138. The number of nitrogens with zero attached hydrogens (tertiary/aromatic N) is 1. The molecule has 2 aromatic heterocycles. The molecule has 0 bridgehead atoms. The van der Waals surface area contributed by atoms with Crippen LogP contribution in [-0.4, -0.2) is 22.5 Å². The van der Waals surface area contributed by atoms with Gasteiger partial charge in [-0.25, -0.2) is 9.78 Å². The maximum absolute atomic E-state index is 13.2. The number of benzene rings is 1. The van der Waals surface area contributed by atoms with E-state index in [2.05, 4.69) is 9.97 Å². The maximum Gasteiger partial charge on any atom is 0.416 e. The zero-order valence-corrected chi connectivity index (χ0v) is 16.1. The SMILES string of the molecule is CCOC(=O)c1sc2nc(Cc3ccccc3C(F)(F)F)[nH]c(=S)c2c1C. The molecule has 3 aromatic rings. The molecule has 0 aliphatic rings. The molecule has 0 unspecified atom stereocenters. The molecule has 1 aromatic carbocycles. The van der Waals surface area contributed by atoms with Crippen molar-refractivity contribution in [3.8, 4) is 0 Å². The second-order valence-electron chi connectivity index (χ2n) is 5.80. The number of aromatic amines is 1. The number of aryl methyl sites for hydroxylation is 1. The summed E-state index contributed by atoms with van der Waals surface area (Å²) in [6, 6.07) is 5.34. The molecule has 3 rings (SSSR count). The predicted molar refractivity (Wildman–Crippen MR) is 99.7 cm³/mol. The van der Waals surface area contributed by atoms with Crippen LogP contribution >= 0.6 is 23.6 Å². The minimum Gasteiger partial charge on any atom is -0.462 e. The van der Waals surface area contributed by atoms with Crippen LogP contribution in [0, 0.1) is 11.6 Å². The molecule has 0 radical (unpaired) electrons. The van der Waals surface area contributed by atoms with Crippen molar-refractivity contribution in [3.05, 3.63) is 56.3 Å². The van der Waals surface area contributed by atoms with E-state index in [1.807, 2.05) is 0 Å². The van der Waals surface area contributed by atoms with Gasteiger partial charge in [-0.1, -0.05) is 30.4 Å². The van der Waals surface area contributed by atoms with Crippen molar-refractivity contribution < 1.29 is 22.7 Å². The van der Waals surface area contributed by atoms with E-state index in [0.717, 1.165) is 17.4 Å². The Morgan fingerprint density at radius 2 is 2.04 bits per heavy atom. The van der Waals surface area contributed by atoms with Crippen LogP contribution in [0.15, 0.2) is 24.3 Å². The third-order valence-corrected chi connectivity index (χ3v) is 5.46. The summed E-state index contributed by atoms with van der Waals surface area (Å²) in [7, 11) is 0. The summed E-state index contributed by atoms with van der Waals surface area (Å²) >= 11 is 6.48. The van der Waals surface area contributed by atoms with Crippen molar-refractivity contribution in [3.63, 3.8) is 0 Å². The molecule has 1 N–H and O–H groups in total. The molecular weight excluding hydrogens is 397 g/mol. The van der Waals surface area contributed by atoms with E-state index in [1.54, 1.807) is 19.9 Å². The fourth-order valence-electron chi connectivity index (χ4n) is 2.79. The number of ether oxygens (including phenoxy) is 1. The van der Waals surface area contributed by atoms with E-state index >= 15 is 0 Å². The molecular formula is C18H15F3N2O2S2. The first-order valence-corrected chi connectivity index (χ1v) is 9.29. The molecule has 0 amide bonds. The Hall–Kier alpha value is -2.26. The summed E-state index contributed by atoms with van der Waals surface area (Å²) in [5.74, 6) is -0.155. The van der Waals surface area contributed by atoms with Gasteiger partial charge in [0.2, 0.25) is 0 Å². The van der Waals surface area contributed by atoms with Gasteiger partial charge in [-0.3, -0.25) is 0 Å². The van der Waals surface area contributed by atoms with Gasteiger partial charge in [-0.2, -0.15) is 13.2 Å². The van der Waals surface area contributed by atoms with Crippen molar-refractivity contribution in [2.24, 2.45) is 0 Å². The van der Waals surface area contributed by atoms with Crippen LogP contribution < -0.4 is 0 Å². The van der Waals surface area contributed by atoms with Gasteiger partial charge in [0, 0.05) is 11.8 Å². The number of H-pyrrole nitrogens is 1. The fourth-order valence-corrected chi connectivity index (χ4v) is 4.33. The van der Waals surface area contributed by atoms with Crippen molar-refractivity contribution >= 4 is 39.7 Å². The van der Waals surface area contributed by atoms with Gasteiger partial charge in [-0.05, 0) is 31.0 Å². The lowest BCUT2D eigenvalue weighted by atomic mass is 10.0. The van der Waals surface area contributed by atoms with Gasteiger partial charge in [0.1, 0.15) is 20.2 Å². The number of rotatable bonds is 4. The Kier molecular flexibility index (Phi) is 5.34. The number of thiophene rings is 1. The predicted octanol–water partition coefficient (Wildman–Crippen LogP) is 5.45. The number of hydrogen-bond donors (Lipinski definition) is 1. The Balaban J connectivity index is 2.06. The van der Waals surface area contributed by atoms with Gasteiger partial charge in [-0.15, -0.1) is 11.3 Å². The molecule has 4 nitrogen and oxygen atoms in total. The highest BCUT2D eigenvalue weighted by molar-refractivity contribution is 7.71. The number of halogens is 3. The summed E-state index contributed by atoms with van der Waals surface area (Å²) < 4.78 is 45.0. The lowest BCUT2D eigenvalue weighted by Gasteiger charge is -2.12. The Morgan fingerprint density at radius 1 is 1.33 bits per heavy atom. The molecule has 0 fully saturated rings. The van der Waals surface area contributed by atoms with Crippen LogP contribution in [-0.2, 0) is 17.3 Å². The van der Waals surface area contributed by atoms with Crippen LogP contribution in [0.4, 0.5) is 13.2 Å². The first-order chi connectivity index (χ1) is 12.7. The Morgan fingerprint density at radius 3 is 2.70 bits per heavy atom. The highest BCUT2D eigenvalue weighted by Gasteiger charge is 2.33. The summed E-state index contributed by atoms with van der Waals surface area (Å²) in [5, 5.41) is 0.617. The smallest absolute Gasteiger partial charge is 0.416 e. The van der Waals surface area contributed by atoms with E-state index in [4.69, 9.17) is 17.0 Å². The number of carbonyl (C=O) groups is 1. The highest BCUT2D eigenvalue weighted by atomic mass is 32.1. The largest absolute Gasteiger partial charge is 0.462 e. The van der Waals surface area contributed by atoms with E-state index in [9.17, 15) is 18.0 Å².